The first-order chi connectivity index (χ1) is 15.6. The van der Waals surface area contributed by atoms with E-state index in [1.54, 1.807) is 24.8 Å². The Morgan fingerprint density at radius 3 is 2.16 bits per heavy atom. The molecule has 0 spiro atoms. The minimum Gasteiger partial charge on any atom is -0.370 e. The number of carbonyl (C=O) groups excluding carboxylic acids is 1. The van der Waals surface area contributed by atoms with Gasteiger partial charge in [-0.15, -0.1) is 0 Å². The van der Waals surface area contributed by atoms with E-state index >= 15 is 0 Å². The third-order valence-electron chi connectivity index (χ3n) is 5.37. The predicted octanol–water partition coefficient (Wildman–Crippen LogP) is 5.72. The van der Waals surface area contributed by atoms with Gasteiger partial charge in [0.05, 0.1) is 0 Å². The molecule has 0 bridgehead atoms. The van der Waals surface area contributed by atoms with Crippen LogP contribution < -0.4 is 15.5 Å². The number of hydrogen-bond donors (Lipinski definition) is 2. The second-order valence-electron chi connectivity index (χ2n) is 7.55. The maximum absolute atomic E-state index is 11.8. The van der Waals surface area contributed by atoms with Crippen molar-refractivity contribution in [3.63, 3.8) is 0 Å². The summed E-state index contributed by atoms with van der Waals surface area (Å²) >= 11 is 0. The summed E-state index contributed by atoms with van der Waals surface area (Å²) in [6.45, 7) is 2.64. The van der Waals surface area contributed by atoms with E-state index < -0.39 is 0 Å². The molecule has 0 saturated carbocycles. The van der Waals surface area contributed by atoms with Crippen LogP contribution in [0.25, 0.3) is 0 Å². The lowest BCUT2D eigenvalue weighted by molar-refractivity contribution is 0.112. The Morgan fingerprint density at radius 1 is 0.844 bits per heavy atom. The van der Waals surface area contributed by atoms with E-state index in [1.165, 1.54) is 0 Å². The largest absolute Gasteiger partial charge is 0.370 e. The Hall–Kier alpha value is -4.19. The van der Waals surface area contributed by atoms with Gasteiger partial charge in [0, 0.05) is 72.4 Å². The van der Waals surface area contributed by atoms with Gasteiger partial charge in [0.2, 0.25) is 0 Å². The van der Waals surface area contributed by atoms with Crippen molar-refractivity contribution < 1.29 is 4.79 Å². The molecule has 0 radical (unpaired) electrons. The van der Waals surface area contributed by atoms with Gasteiger partial charge in [0.15, 0.2) is 0 Å². The van der Waals surface area contributed by atoms with Gasteiger partial charge in [-0.3, -0.25) is 14.8 Å². The standard InChI is InChI=1S/C26H25N5O/c1-19-25(20(18-32)6-7-26(19)30-22-10-14-28-15-11-22)17-31(2)24-5-3-4-23(16-24)29-21-8-12-27-13-9-21/h3-16,18H,17H2,1-2H3,(H,27,29)(H,28,30). The molecule has 2 aromatic heterocycles. The molecule has 6 nitrogen and oxygen atoms in total. The van der Waals surface area contributed by atoms with E-state index in [2.05, 4.69) is 37.6 Å². The maximum atomic E-state index is 11.8. The first-order valence-corrected chi connectivity index (χ1v) is 10.4. The monoisotopic (exact) mass is 423 g/mol. The molecule has 0 unspecified atom stereocenters. The lowest BCUT2D eigenvalue weighted by Gasteiger charge is -2.24. The van der Waals surface area contributed by atoms with Crippen molar-refractivity contribution in [3.05, 3.63) is 102 Å². The van der Waals surface area contributed by atoms with Crippen LogP contribution in [0.5, 0.6) is 0 Å². The molecule has 160 valence electrons. The lowest BCUT2D eigenvalue weighted by atomic mass is 9.99. The molecular formula is C26H25N5O. The number of rotatable bonds is 8. The minimum absolute atomic E-state index is 0.602. The highest BCUT2D eigenvalue weighted by Crippen LogP contribution is 2.28. The van der Waals surface area contributed by atoms with Crippen LogP contribution in [0.2, 0.25) is 0 Å². The second kappa shape index (κ2) is 9.75. The van der Waals surface area contributed by atoms with Gasteiger partial charge in [-0.25, -0.2) is 0 Å². The Morgan fingerprint density at radius 2 is 1.50 bits per heavy atom. The van der Waals surface area contributed by atoms with Gasteiger partial charge in [-0.05, 0) is 72.6 Å². The van der Waals surface area contributed by atoms with Crippen molar-refractivity contribution in [1.29, 1.82) is 0 Å². The minimum atomic E-state index is 0.602. The van der Waals surface area contributed by atoms with Crippen LogP contribution in [0, 0.1) is 6.92 Å². The predicted molar refractivity (Wildman–Crippen MR) is 130 cm³/mol. The number of anilines is 5. The van der Waals surface area contributed by atoms with Crippen LogP contribution in [-0.4, -0.2) is 23.3 Å². The first kappa shape index (κ1) is 21.1. The van der Waals surface area contributed by atoms with Crippen molar-refractivity contribution in [1.82, 2.24) is 9.97 Å². The molecule has 0 aliphatic carbocycles. The molecule has 0 aliphatic heterocycles. The molecule has 4 aromatic rings. The highest BCUT2D eigenvalue weighted by Gasteiger charge is 2.13. The second-order valence-corrected chi connectivity index (χ2v) is 7.55. The van der Waals surface area contributed by atoms with Crippen LogP contribution in [0.4, 0.5) is 28.4 Å². The van der Waals surface area contributed by atoms with Gasteiger partial charge in [0.1, 0.15) is 6.29 Å². The number of aromatic nitrogens is 2. The highest BCUT2D eigenvalue weighted by molar-refractivity contribution is 5.81. The highest BCUT2D eigenvalue weighted by atomic mass is 16.1. The zero-order chi connectivity index (χ0) is 22.3. The molecule has 6 heteroatoms. The molecule has 4 rings (SSSR count). The Bertz CT molecular complexity index is 1200. The quantitative estimate of drug-likeness (QED) is 0.353. The number of hydrogen-bond acceptors (Lipinski definition) is 6. The third kappa shape index (κ3) is 4.92. The Labute approximate surface area is 188 Å². The van der Waals surface area contributed by atoms with E-state index in [0.717, 1.165) is 45.8 Å². The molecule has 32 heavy (non-hydrogen) atoms. The summed E-state index contributed by atoms with van der Waals surface area (Å²) in [5, 5.41) is 6.82. The van der Waals surface area contributed by atoms with Crippen LogP contribution in [0.15, 0.2) is 85.5 Å². The van der Waals surface area contributed by atoms with E-state index in [1.807, 2.05) is 62.5 Å². The zero-order valence-electron chi connectivity index (χ0n) is 18.1. The lowest BCUT2D eigenvalue weighted by Crippen LogP contribution is -2.19. The SMILES string of the molecule is Cc1c(Nc2ccncc2)ccc(C=O)c1CN(C)c1cccc(Nc2ccncc2)c1. The topological polar surface area (TPSA) is 70.2 Å². The molecule has 0 saturated heterocycles. The fraction of sp³-hybridized carbons (Fsp3) is 0.115. The maximum Gasteiger partial charge on any atom is 0.150 e. The van der Waals surface area contributed by atoms with Crippen molar-refractivity contribution in [2.45, 2.75) is 13.5 Å². The summed E-state index contributed by atoms with van der Waals surface area (Å²) in [5.74, 6) is 0. The van der Waals surface area contributed by atoms with Gasteiger partial charge in [0.25, 0.3) is 0 Å². The van der Waals surface area contributed by atoms with Crippen LogP contribution >= 0.6 is 0 Å². The summed E-state index contributed by atoms with van der Waals surface area (Å²) in [7, 11) is 2.03. The van der Waals surface area contributed by atoms with Gasteiger partial charge < -0.3 is 15.5 Å². The van der Waals surface area contributed by atoms with Gasteiger partial charge in [-0.2, -0.15) is 0 Å². The Balaban J connectivity index is 1.57. The van der Waals surface area contributed by atoms with Gasteiger partial charge in [-0.1, -0.05) is 6.07 Å². The van der Waals surface area contributed by atoms with E-state index in [-0.39, 0.29) is 0 Å². The summed E-state index contributed by atoms with van der Waals surface area (Å²) in [5.41, 5.74) is 7.68. The fourth-order valence-corrected chi connectivity index (χ4v) is 3.58. The van der Waals surface area contributed by atoms with Crippen molar-refractivity contribution in [2.24, 2.45) is 0 Å². The molecular weight excluding hydrogens is 398 g/mol. The number of pyridine rings is 2. The Kier molecular flexibility index (Phi) is 6.41. The summed E-state index contributed by atoms with van der Waals surface area (Å²) in [6, 6.07) is 19.7. The van der Waals surface area contributed by atoms with E-state index in [0.29, 0.717) is 12.1 Å². The third-order valence-corrected chi connectivity index (χ3v) is 5.37. The fourth-order valence-electron chi connectivity index (χ4n) is 3.58. The van der Waals surface area contributed by atoms with Crippen molar-refractivity contribution >= 4 is 34.7 Å². The molecule has 2 aromatic carbocycles. The van der Waals surface area contributed by atoms with Gasteiger partial charge >= 0.3 is 0 Å². The first-order valence-electron chi connectivity index (χ1n) is 10.4. The summed E-state index contributed by atoms with van der Waals surface area (Å²) in [4.78, 5) is 22.0. The average Bonchev–Trinajstić information content (AvgIpc) is 2.83. The van der Waals surface area contributed by atoms with Crippen molar-refractivity contribution in [3.8, 4) is 0 Å². The van der Waals surface area contributed by atoms with Crippen LogP contribution in [-0.2, 0) is 6.54 Å². The number of nitrogens with one attached hydrogen (secondary N) is 2. The summed E-state index contributed by atoms with van der Waals surface area (Å²) in [6.07, 6.45) is 7.94. The molecule has 0 aliphatic rings. The smallest absolute Gasteiger partial charge is 0.150 e. The number of aldehydes is 1. The molecule has 0 amide bonds. The van der Waals surface area contributed by atoms with Crippen LogP contribution in [0.3, 0.4) is 0 Å². The molecule has 2 N–H and O–H groups in total. The summed E-state index contributed by atoms with van der Waals surface area (Å²) < 4.78 is 0. The molecule has 2 heterocycles. The molecule has 0 atom stereocenters. The van der Waals surface area contributed by atoms with Crippen LogP contribution in [0.1, 0.15) is 21.5 Å². The van der Waals surface area contributed by atoms with Crippen molar-refractivity contribution in [2.75, 3.05) is 22.6 Å². The average molecular weight is 424 g/mol. The zero-order valence-corrected chi connectivity index (χ0v) is 18.1. The number of nitrogens with zero attached hydrogens (tertiary/aromatic N) is 3. The van der Waals surface area contributed by atoms with E-state index in [4.69, 9.17) is 0 Å². The van der Waals surface area contributed by atoms with E-state index in [9.17, 15) is 4.79 Å². The molecule has 0 fully saturated rings. The number of benzene rings is 2. The number of carbonyl (C=O) groups is 1. The normalized spacial score (nSPS) is 10.4.